The molecule has 3 unspecified atom stereocenters. The lowest BCUT2D eigenvalue weighted by atomic mass is 9.92. The molecule has 0 aromatic heterocycles. The van der Waals surface area contributed by atoms with Crippen LogP contribution in [0.3, 0.4) is 0 Å². The number of carbonyl (C=O) groups excluding carboxylic acids is 1. The highest BCUT2D eigenvalue weighted by Gasteiger charge is 2.60. The van der Waals surface area contributed by atoms with E-state index in [1.165, 1.54) is 12.1 Å². The summed E-state index contributed by atoms with van der Waals surface area (Å²) in [6, 6.07) is 5.90. The van der Waals surface area contributed by atoms with E-state index in [0.717, 1.165) is 7.11 Å². The molecule has 1 aromatic carbocycles. The highest BCUT2D eigenvalue weighted by atomic mass is 19.2. The number of nitrogens with two attached hydrogens (primary N) is 1. The highest BCUT2D eigenvalue weighted by molar-refractivity contribution is 5.86. The summed E-state index contributed by atoms with van der Waals surface area (Å²) in [7, 11) is 1.07. The molecule has 2 N–H and O–H groups in total. The van der Waals surface area contributed by atoms with Gasteiger partial charge in [0.15, 0.2) is 12.3 Å². The Balaban J connectivity index is 2.70. The number of halogens is 2. The first kappa shape index (κ1) is 12.4. The Morgan fingerprint density at radius 3 is 2.72 bits per heavy atom. The predicted octanol–water partition coefficient (Wildman–Crippen LogP) is 1.74. The van der Waals surface area contributed by atoms with E-state index in [4.69, 9.17) is 5.84 Å². The monoisotopic (exact) mass is 255 g/mol. The van der Waals surface area contributed by atoms with Crippen LogP contribution in [0.4, 0.5) is 8.78 Å². The number of benzene rings is 1. The van der Waals surface area contributed by atoms with Crippen LogP contribution in [0.1, 0.15) is 17.3 Å². The third kappa shape index (κ3) is 1.40. The molecule has 3 atom stereocenters. The van der Waals surface area contributed by atoms with Gasteiger partial charge in [-0.2, -0.15) is 0 Å². The minimum Gasteiger partial charge on any atom is -0.467 e. The number of alkyl halides is 2. The minimum atomic E-state index is -2.21. The predicted molar refractivity (Wildman–Crippen MR) is 57.9 cm³/mol. The zero-order chi connectivity index (χ0) is 13.3. The van der Waals surface area contributed by atoms with Gasteiger partial charge < -0.3 is 10.6 Å². The molecule has 0 bridgehead atoms. The second-order valence-corrected chi connectivity index (χ2v) is 3.86. The van der Waals surface area contributed by atoms with Gasteiger partial charge >= 0.3 is 5.97 Å². The number of esters is 1. The van der Waals surface area contributed by atoms with Crippen molar-refractivity contribution in [2.75, 3.05) is 7.11 Å². The summed E-state index contributed by atoms with van der Waals surface area (Å²) in [4.78, 5) is 11.8. The van der Waals surface area contributed by atoms with E-state index in [2.05, 4.69) is 15.1 Å². The van der Waals surface area contributed by atoms with Crippen LogP contribution in [0.2, 0.25) is 0 Å². The van der Waals surface area contributed by atoms with Crippen molar-refractivity contribution < 1.29 is 18.3 Å². The first-order valence-corrected chi connectivity index (χ1v) is 5.17. The number of hydrogen-bond donors (Lipinski definition) is 1. The molecule has 96 valence electrons. The molecule has 0 amide bonds. The number of carbonyl (C=O) groups is 1. The minimum absolute atomic E-state index is 0.0581. The van der Waals surface area contributed by atoms with E-state index in [9.17, 15) is 13.6 Å². The van der Waals surface area contributed by atoms with Crippen LogP contribution < -0.4 is 5.84 Å². The molecule has 5 nitrogen and oxygen atoms in total. The van der Waals surface area contributed by atoms with Crippen molar-refractivity contribution >= 4 is 5.97 Å². The van der Waals surface area contributed by atoms with E-state index in [1.54, 1.807) is 12.1 Å². The quantitative estimate of drug-likeness (QED) is 0.378. The largest absolute Gasteiger partial charge is 0.467 e. The standard InChI is InChI=1S/C11H11F2N3O2/c1-18-10(17)11(15-16-14)7-5-3-2-4-6(7)8(12)9(11)13/h2-5,8-9H,1H3,(H2,14,15). The summed E-state index contributed by atoms with van der Waals surface area (Å²) < 4.78 is 32.6. The molecule has 1 aromatic rings. The normalized spacial score (nSPS) is 30.4. The Morgan fingerprint density at radius 2 is 2.11 bits per heavy atom. The number of rotatable bonds is 2. The molecule has 0 heterocycles. The average molecular weight is 255 g/mol. The van der Waals surface area contributed by atoms with Gasteiger partial charge in [-0.05, 0) is 5.56 Å². The van der Waals surface area contributed by atoms with E-state index in [-0.39, 0.29) is 11.1 Å². The zero-order valence-corrected chi connectivity index (χ0v) is 9.51. The molecular formula is C11H11F2N3O2. The summed E-state index contributed by atoms with van der Waals surface area (Å²) in [5.41, 5.74) is -2.01. The van der Waals surface area contributed by atoms with E-state index < -0.39 is 23.9 Å². The highest BCUT2D eigenvalue weighted by Crippen LogP contribution is 2.50. The van der Waals surface area contributed by atoms with Gasteiger partial charge in [0.1, 0.15) is 0 Å². The molecule has 0 saturated carbocycles. The zero-order valence-electron chi connectivity index (χ0n) is 9.51. The molecule has 18 heavy (non-hydrogen) atoms. The van der Waals surface area contributed by atoms with Gasteiger partial charge in [0.25, 0.3) is 0 Å². The van der Waals surface area contributed by atoms with E-state index >= 15 is 0 Å². The second kappa shape index (κ2) is 4.32. The Bertz CT molecular complexity index is 509. The fourth-order valence-electron chi connectivity index (χ4n) is 2.22. The number of hydrogen-bond acceptors (Lipinski definition) is 4. The fourth-order valence-corrected chi connectivity index (χ4v) is 2.22. The number of fused-ring (bicyclic) bond motifs is 1. The number of nitrogens with zero attached hydrogens (tertiary/aromatic N) is 2. The lowest BCUT2D eigenvalue weighted by Crippen LogP contribution is -2.41. The van der Waals surface area contributed by atoms with Crippen molar-refractivity contribution in [3.8, 4) is 0 Å². The number of ether oxygens (including phenoxy) is 1. The van der Waals surface area contributed by atoms with Gasteiger partial charge in [-0.15, -0.1) is 5.11 Å². The van der Waals surface area contributed by atoms with Crippen molar-refractivity contribution in [3.05, 3.63) is 35.4 Å². The second-order valence-electron chi connectivity index (χ2n) is 3.86. The summed E-state index contributed by atoms with van der Waals surface area (Å²) in [6.45, 7) is 0. The Kier molecular flexibility index (Phi) is 2.98. The first-order valence-electron chi connectivity index (χ1n) is 5.17. The first-order chi connectivity index (χ1) is 8.59. The van der Waals surface area contributed by atoms with Gasteiger partial charge in [-0.1, -0.05) is 29.5 Å². The molecule has 1 aliphatic rings. The van der Waals surface area contributed by atoms with Crippen LogP contribution in [0.15, 0.2) is 34.6 Å². The molecule has 0 fully saturated rings. The van der Waals surface area contributed by atoms with Crippen molar-refractivity contribution in [1.82, 2.24) is 0 Å². The van der Waals surface area contributed by atoms with Crippen LogP contribution in [-0.4, -0.2) is 19.3 Å². The summed E-state index contributed by atoms with van der Waals surface area (Å²) in [5.74, 6) is 3.88. The molecule has 2 rings (SSSR count). The summed E-state index contributed by atoms with van der Waals surface area (Å²) in [5, 5.41) is 6.37. The Labute approximate surface area is 102 Å². The van der Waals surface area contributed by atoms with Gasteiger partial charge in [0, 0.05) is 5.56 Å². The molecule has 7 heteroatoms. The Morgan fingerprint density at radius 1 is 1.44 bits per heavy atom. The van der Waals surface area contributed by atoms with E-state index in [1.807, 2.05) is 0 Å². The van der Waals surface area contributed by atoms with E-state index in [0.29, 0.717) is 0 Å². The van der Waals surface area contributed by atoms with Crippen molar-refractivity contribution in [1.29, 1.82) is 0 Å². The van der Waals surface area contributed by atoms with Gasteiger partial charge in [-0.25, -0.2) is 13.6 Å². The fraction of sp³-hybridized carbons (Fsp3) is 0.364. The summed E-state index contributed by atoms with van der Waals surface area (Å²) in [6.07, 6.45) is -4.18. The van der Waals surface area contributed by atoms with Crippen LogP contribution in [0.25, 0.3) is 0 Å². The van der Waals surface area contributed by atoms with Crippen LogP contribution in [0, 0.1) is 0 Å². The van der Waals surface area contributed by atoms with Gasteiger partial charge in [0.05, 0.1) is 7.11 Å². The molecule has 0 saturated heterocycles. The average Bonchev–Trinajstić information content (AvgIpc) is 2.62. The molecule has 0 aliphatic heterocycles. The maximum atomic E-state index is 14.2. The maximum absolute atomic E-state index is 14.2. The van der Waals surface area contributed by atoms with Gasteiger partial charge in [0.2, 0.25) is 5.54 Å². The van der Waals surface area contributed by atoms with Crippen molar-refractivity contribution in [3.63, 3.8) is 0 Å². The molecule has 1 aliphatic carbocycles. The molecule has 0 spiro atoms. The smallest absolute Gasteiger partial charge is 0.343 e. The maximum Gasteiger partial charge on any atom is 0.343 e. The van der Waals surface area contributed by atoms with Crippen LogP contribution in [-0.2, 0) is 15.1 Å². The topological polar surface area (TPSA) is 77.0 Å². The number of methoxy groups -OCH3 is 1. The third-order valence-corrected chi connectivity index (χ3v) is 3.04. The van der Waals surface area contributed by atoms with Crippen LogP contribution in [0.5, 0.6) is 0 Å². The Hall–Kier alpha value is -2.05. The van der Waals surface area contributed by atoms with Crippen molar-refractivity contribution in [2.24, 2.45) is 16.2 Å². The lowest BCUT2D eigenvalue weighted by Gasteiger charge is -2.23. The molecular weight excluding hydrogens is 244 g/mol. The van der Waals surface area contributed by atoms with Crippen LogP contribution >= 0.6 is 0 Å². The third-order valence-electron chi connectivity index (χ3n) is 3.04. The summed E-state index contributed by atoms with van der Waals surface area (Å²) >= 11 is 0. The van der Waals surface area contributed by atoms with Crippen molar-refractivity contribution in [2.45, 2.75) is 17.9 Å². The van der Waals surface area contributed by atoms with Gasteiger partial charge in [-0.3, -0.25) is 0 Å². The molecule has 0 radical (unpaired) electrons. The SMILES string of the molecule is COC(=O)C1(N=NN)c2ccccc2C(F)C1F. The lowest BCUT2D eigenvalue weighted by molar-refractivity contribution is -0.151.